The first-order chi connectivity index (χ1) is 15.0. The average Bonchev–Trinajstić information content (AvgIpc) is 2.81. The van der Waals surface area contributed by atoms with Crippen LogP contribution in [0.5, 0.6) is 0 Å². The lowest BCUT2D eigenvalue weighted by Gasteiger charge is -2.38. The third-order valence-corrected chi connectivity index (χ3v) is 6.51. The molecule has 0 spiro atoms. The molecular formula is C25H30N2O5. The Kier molecular flexibility index (Phi) is 6.79. The zero-order valence-corrected chi connectivity index (χ0v) is 19.1. The van der Waals surface area contributed by atoms with Gasteiger partial charge < -0.3 is 14.9 Å². The van der Waals surface area contributed by atoms with Gasteiger partial charge in [0, 0.05) is 54.0 Å². The molecule has 170 valence electrons. The van der Waals surface area contributed by atoms with E-state index in [2.05, 4.69) is 0 Å². The largest absolute Gasteiger partial charge is 0.380 e. The van der Waals surface area contributed by atoms with E-state index in [0.717, 1.165) is 0 Å². The van der Waals surface area contributed by atoms with E-state index in [1.807, 2.05) is 18.2 Å². The standard InChI is InChI=1S/C25H30N2O5/c1-16-17(2)22(29)20(18(3)21(16)28)10-11-25(4,32)24(31)27-14-12-26(13-15-27)23(30)19-8-6-5-7-9-19/h5-9,32H,10-15H2,1-4H3. The van der Waals surface area contributed by atoms with Crippen molar-refractivity contribution in [3.63, 3.8) is 0 Å². The summed E-state index contributed by atoms with van der Waals surface area (Å²) in [6, 6.07) is 8.99. The molecule has 1 aromatic carbocycles. The fraction of sp³-hybridized carbons (Fsp3) is 0.440. The molecule has 0 saturated carbocycles. The molecule has 0 radical (unpaired) electrons. The van der Waals surface area contributed by atoms with Crippen LogP contribution in [0.4, 0.5) is 0 Å². The van der Waals surface area contributed by atoms with Gasteiger partial charge in [0.2, 0.25) is 0 Å². The van der Waals surface area contributed by atoms with Gasteiger partial charge in [-0.3, -0.25) is 19.2 Å². The molecule has 2 amide bonds. The van der Waals surface area contributed by atoms with Crippen LogP contribution in [0.1, 0.15) is 50.9 Å². The molecule has 32 heavy (non-hydrogen) atoms. The van der Waals surface area contributed by atoms with Crippen molar-refractivity contribution < 1.29 is 24.3 Å². The van der Waals surface area contributed by atoms with Gasteiger partial charge in [-0.05, 0) is 52.7 Å². The Morgan fingerprint density at radius 3 is 2.00 bits per heavy atom. The highest BCUT2D eigenvalue weighted by Gasteiger charge is 2.37. The molecular weight excluding hydrogens is 408 g/mol. The first-order valence-electron chi connectivity index (χ1n) is 10.9. The third kappa shape index (κ3) is 4.58. The number of piperazine rings is 1. The van der Waals surface area contributed by atoms with Crippen LogP contribution in [0.3, 0.4) is 0 Å². The number of ketones is 2. The second-order valence-electron chi connectivity index (χ2n) is 8.74. The summed E-state index contributed by atoms with van der Waals surface area (Å²) < 4.78 is 0. The quantitative estimate of drug-likeness (QED) is 0.712. The lowest BCUT2D eigenvalue weighted by molar-refractivity contribution is -0.151. The Labute approximate surface area is 188 Å². The van der Waals surface area contributed by atoms with Crippen LogP contribution in [-0.2, 0) is 14.4 Å². The second-order valence-corrected chi connectivity index (χ2v) is 8.74. The van der Waals surface area contributed by atoms with Gasteiger partial charge >= 0.3 is 0 Å². The molecule has 1 aliphatic heterocycles. The normalized spacial score (nSPS) is 19.4. The number of nitrogens with zero attached hydrogens (tertiary/aromatic N) is 2. The lowest BCUT2D eigenvalue weighted by atomic mass is 9.82. The highest BCUT2D eigenvalue weighted by molar-refractivity contribution is 6.24. The number of carbonyl (C=O) groups excluding carboxylic acids is 4. The summed E-state index contributed by atoms with van der Waals surface area (Å²) in [5.41, 5.74) is 0.544. The number of Topliss-reactive ketones (excluding diaryl/α,β-unsaturated/α-hetero) is 2. The monoisotopic (exact) mass is 438 g/mol. The van der Waals surface area contributed by atoms with Gasteiger partial charge in [0.15, 0.2) is 11.6 Å². The fourth-order valence-corrected chi connectivity index (χ4v) is 4.15. The van der Waals surface area contributed by atoms with Gasteiger partial charge in [-0.1, -0.05) is 18.2 Å². The van der Waals surface area contributed by atoms with E-state index in [-0.39, 0.29) is 30.3 Å². The molecule has 7 nitrogen and oxygen atoms in total. The van der Waals surface area contributed by atoms with Crippen LogP contribution < -0.4 is 0 Å². The zero-order valence-electron chi connectivity index (χ0n) is 19.1. The highest BCUT2D eigenvalue weighted by Crippen LogP contribution is 2.29. The van der Waals surface area contributed by atoms with Gasteiger partial charge in [-0.15, -0.1) is 0 Å². The SMILES string of the molecule is CC1=C(C)C(=O)C(CCC(C)(O)C(=O)N2CCN(C(=O)c3ccccc3)CC2)=C(C)C1=O. The molecule has 0 aromatic heterocycles. The van der Waals surface area contributed by atoms with Gasteiger partial charge in [-0.25, -0.2) is 0 Å². The smallest absolute Gasteiger partial charge is 0.254 e. The molecule has 1 saturated heterocycles. The van der Waals surface area contributed by atoms with E-state index in [4.69, 9.17) is 0 Å². The van der Waals surface area contributed by atoms with Crippen molar-refractivity contribution in [2.75, 3.05) is 26.2 Å². The maximum absolute atomic E-state index is 13.0. The first-order valence-corrected chi connectivity index (χ1v) is 10.9. The van der Waals surface area contributed by atoms with Crippen molar-refractivity contribution in [1.82, 2.24) is 9.80 Å². The molecule has 2 aliphatic rings. The first kappa shape index (κ1) is 23.6. The van der Waals surface area contributed by atoms with E-state index < -0.39 is 11.5 Å². The molecule has 1 atom stereocenters. The molecule has 1 N–H and O–H groups in total. The molecule has 1 fully saturated rings. The summed E-state index contributed by atoms with van der Waals surface area (Å²) in [6.45, 7) is 7.74. The van der Waals surface area contributed by atoms with Gasteiger partial charge in [-0.2, -0.15) is 0 Å². The van der Waals surface area contributed by atoms with Crippen molar-refractivity contribution in [3.05, 3.63) is 58.2 Å². The number of aliphatic hydroxyl groups is 1. The summed E-state index contributed by atoms with van der Waals surface area (Å²) in [5, 5.41) is 10.9. The van der Waals surface area contributed by atoms with Crippen LogP contribution in [0.2, 0.25) is 0 Å². The molecule has 1 aliphatic carbocycles. The van der Waals surface area contributed by atoms with E-state index in [9.17, 15) is 24.3 Å². The van der Waals surface area contributed by atoms with Crippen molar-refractivity contribution >= 4 is 23.4 Å². The molecule has 3 rings (SSSR count). The Morgan fingerprint density at radius 2 is 1.41 bits per heavy atom. The van der Waals surface area contributed by atoms with Crippen LogP contribution in [-0.4, -0.2) is 70.1 Å². The highest BCUT2D eigenvalue weighted by atomic mass is 16.3. The summed E-state index contributed by atoms with van der Waals surface area (Å²) >= 11 is 0. The van der Waals surface area contributed by atoms with Crippen LogP contribution in [0.15, 0.2) is 52.6 Å². The lowest BCUT2D eigenvalue weighted by Crippen LogP contribution is -2.55. The predicted octanol–water partition coefficient (Wildman–Crippen LogP) is 2.31. The van der Waals surface area contributed by atoms with E-state index in [1.165, 1.54) is 6.92 Å². The van der Waals surface area contributed by atoms with Crippen LogP contribution >= 0.6 is 0 Å². The number of hydrogen-bond donors (Lipinski definition) is 1. The molecule has 1 unspecified atom stereocenters. The Morgan fingerprint density at radius 1 is 0.875 bits per heavy atom. The topological polar surface area (TPSA) is 95.0 Å². The van der Waals surface area contributed by atoms with Crippen molar-refractivity contribution in [3.8, 4) is 0 Å². The summed E-state index contributed by atoms with van der Waals surface area (Å²) in [7, 11) is 0. The summed E-state index contributed by atoms with van der Waals surface area (Å²) in [6.07, 6.45) is 0.180. The number of amides is 2. The van der Waals surface area contributed by atoms with E-state index >= 15 is 0 Å². The molecule has 0 bridgehead atoms. The van der Waals surface area contributed by atoms with Gasteiger partial charge in [0.1, 0.15) is 5.60 Å². The zero-order chi connectivity index (χ0) is 23.6. The van der Waals surface area contributed by atoms with Gasteiger partial charge in [0.05, 0.1) is 0 Å². The van der Waals surface area contributed by atoms with E-state index in [0.29, 0.717) is 54.0 Å². The number of benzene rings is 1. The molecule has 1 aromatic rings. The van der Waals surface area contributed by atoms with Crippen molar-refractivity contribution in [1.29, 1.82) is 0 Å². The van der Waals surface area contributed by atoms with Crippen LogP contribution in [0, 0.1) is 0 Å². The number of carbonyl (C=O) groups is 4. The van der Waals surface area contributed by atoms with Crippen molar-refractivity contribution in [2.24, 2.45) is 0 Å². The number of rotatable bonds is 5. The maximum Gasteiger partial charge on any atom is 0.254 e. The minimum atomic E-state index is -1.67. The minimum Gasteiger partial charge on any atom is -0.380 e. The molecule has 7 heteroatoms. The number of allylic oxidation sites excluding steroid dienone is 4. The summed E-state index contributed by atoms with van der Waals surface area (Å²) in [4.78, 5) is 53.8. The maximum atomic E-state index is 13.0. The Bertz CT molecular complexity index is 1010. The third-order valence-electron chi connectivity index (χ3n) is 6.51. The Balaban J connectivity index is 1.60. The Hall–Kier alpha value is -3.06. The van der Waals surface area contributed by atoms with Crippen molar-refractivity contribution in [2.45, 2.75) is 46.1 Å². The average molecular weight is 439 g/mol. The second kappa shape index (κ2) is 9.20. The minimum absolute atomic E-state index is 0.0347. The molecule has 1 heterocycles. The summed E-state index contributed by atoms with van der Waals surface area (Å²) in [5.74, 6) is -0.871. The van der Waals surface area contributed by atoms with Crippen LogP contribution in [0.25, 0.3) is 0 Å². The number of hydrogen-bond acceptors (Lipinski definition) is 5. The van der Waals surface area contributed by atoms with E-state index in [1.54, 1.807) is 42.7 Å². The van der Waals surface area contributed by atoms with Gasteiger partial charge in [0.25, 0.3) is 11.8 Å². The fourth-order valence-electron chi connectivity index (χ4n) is 4.15. The predicted molar refractivity (Wildman–Crippen MR) is 120 cm³/mol.